The lowest BCUT2D eigenvalue weighted by Gasteiger charge is -2.35. The van der Waals surface area contributed by atoms with Crippen LogP contribution < -0.4 is 5.32 Å². The van der Waals surface area contributed by atoms with E-state index in [1.165, 1.54) is 5.56 Å². The molecule has 0 heterocycles. The molecule has 0 aromatic heterocycles. The van der Waals surface area contributed by atoms with E-state index in [0.717, 1.165) is 17.6 Å². The van der Waals surface area contributed by atoms with Gasteiger partial charge in [-0.3, -0.25) is 0 Å². The van der Waals surface area contributed by atoms with Crippen molar-refractivity contribution in [2.45, 2.75) is 33.4 Å². The van der Waals surface area contributed by atoms with E-state index >= 15 is 0 Å². The van der Waals surface area contributed by atoms with Crippen molar-refractivity contribution in [1.82, 2.24) is 10.2 Å². The topological polar surface area (TPSA) is 15.3 Å². The Hall–Kier alpha value is -0.380. The van der Waals surface area contributed by atoms with Gasteiger partial charge in [-0.15, -0.1) is 0 Å². The fraction of sp³-hybridized carbons (Fsp3) is 0.600. The molecule has 1 unspecified atom stereocenters. The van der Waals surface area contributed by atoms with Crippen molar-refractivity contribution < 1.29 is 0 Å². The largest absolute Gasteiger partial charge is 0.317 e. The number of halogens is 1. The third kappa shape index (κ3) is 4.71. The lowest BCUT2D eigenvalue weighted by molar-refractivity contribution is 0.164. The molecular formula is C15H25BrN2. The molecule has 102 valence electrons. The molecule has 0 saturated carbocycles. The number of nitrogens with one attached hydrogen (secondary N) is 1. The lowest BCUT2D eigenvalue weighted by atomic mass is 9.85. The number of benzene rings is 1. The molecule has 1 atom stereocenters. The summed E-state index contributed by atoms with van der Waals surface area (Å²) in [6, 6.07) is 9.06. The fourth-order valence-corrected chi connectivity index (χ4v) is 2.45. The first-order valence-electron chi connectivity index (χ1n) is 6.45. The van der Waals surface area contributed by atoms with Crippen LogP contribution >= 0.6 is 15.9 Å². The number of rotatable bonds is 6. The zero-order valence-corrected chi connectivity index (χ0v) is 13.7. The summed E-state index contributed by atoms with van der Waals surface area (Å²) < 4.78 is 1.14. The summed E-state index contributed by atoms with van der Waals surface area (Å²) in [4.78, 5) is 2.39. The molecule has 3 heteroatoms. The summed E-state index contributed by atoms with van der Waals surface area (Å²) in [5.74, 6) is 0. The van der Waals surface area contributed by atoms with Crippen molar-refractivity contribution >= 4 is 15.9 Å². The SMILES string of the molecule is CNC(C)C(C)(C)CN(C)Cc1ccc(Br)cc1. The monoisotopic (exact) mass is 312 g/mol. The zero-order chi connectivity index (χ0) is 13.8. The minimum absolute atomic E-state index is 0.263. The van der Waals surface area contributed by atoms with Gasteiger partial charge in [-0.25, -0.2) is 0 Å². The quantitative estimate of drug-likeness (QED) is 0.864. The highest BCUT2D eigenvalue weighted by Crippen LogP contribution is 2.22. The van der Waals surface area contributed by atoms with E-state index < -0.39 is 0 Å². The van der Waals surface area contributed by atoms with Crippen LogP contribution in [0.2, 0.25) is 0 Å². The summed E-state index contributed by atoms with van der Waals surface area (Å²) in [6.07, 6.45) is 0. The highest BCUT2D eigenvalue weighted by molar-refractivity contribution is 9.10. The highest BCUT2D eigenvalue weighted by atomic mass is 79.9. The normalized spacial score (nSPS) is 13.9. The molecule has 1 aromatic carbocycles. The van der Waals surface area contributed by atoms with Crippen LogP contribution in [0.4, 0.5) is 0 Å². The first-order valence-corrected chi connectivity index (χ1v) is 7.24. The van der Waals surface area contributed by atoms with Gasteiger partial charge in [-0.05, 0) is 44.1 Å². The van der Waals surface area contributed by atoms with Crippen LogP contribution in [-0.2, 0) is 6.54 Å². The van der Waals surface area contributed by atoms with Crippen molar-refractivity contribution in [3.05, 3.63) is 34.3 Å². The van der Waals surface area contributed by atoms with Gasteiger partial charge in [-0.2, -0.15) is 0 Å². The van der Waals surface area contributed by atoms with Crippen molar-refractivity contribution in [2.75, 3.05) is 20.6 Å². The minimum atomic E-state index is 0.263. The van der Waals surface area contributed by atoms with Crippen LogP contribution in [0.5, 0.6) is 0 Å². The third-order valence-corrected chi connectivity index (χ3v) is 4.18. The Kier molecular flexibility index (Phi) is 5.83. The smallest absolute Gasteiger partial charge is 0.0230 e. The predicted molar refractivity (Wildman–Crippen MR) is 82.8 cm³/mol. The van der Waals surface area contributed by atoms with E-state index in [2.05, 4.69) is 78.2 Å². The van der Waals surface area contributed by atoms with Crippen LogP contribution in [0.1, 0.15) is 26.3 Å². The van der Waals surface area contributed by atoms with Gasteiger partial charge in [0.25, 0.3) is 0 Å². The number of nitrogens with zero attached hydrogens (tertiary/aromatic N) is 1. The van der Waals surface area contributed by atoms with E-state index in [0.29, 0.717) is 6.04 Å². The van der Waals surface area contributed by atoms with Crippen molar-refractivity contribution in [3.63, 3.8) is 0 Å². The van der Waals surface area contributed by atoms with Crippen LogP contribution in [0.15, 0.2) is 28.7 Å². The Morgan fingerprint density at radius 1 is 1.28 bits per heavy atom. The average Bonchev–Trinajstić information content (AvgIpc) is 2.30. The van der Waals surface area contributed by atoms with Crippen LogP contribution in [0.25, 0.3) is 0 Å². The van der Waals surface area contributed by atoms with Crippen molar-refractivity contribution in [1.29, 1.82) is 0 Å². The maximum absolute atomic E-state index is 3.47. The molecular weight excluding hydrogens is 288 g/mol. The van der Waals surface area contributed by atoms with Gasteiger partial charge in [0.2, 0.25) is 0 Å². The standard InChI is InChI=1S/C15H25BrN2/c1-12(17-4)15(2,3)11-18(5)10-13-6-8-14(16)9-7-13/h6-9,12,17H,10-11H2,1-5H3. The molecule has 0 aliphatic carbocycles. The Bertz CT molecular complexity index is 359. The first kappa shape index (κ1) is 15.7. The van der Waals surface area contributed by atoms with E-state index in [1.807, 2.05) is 7.05 Å². The van der Waals surface area contributed by atoms with E-state index in [-0.39, 0.29) is 5.41 Å². The second-order valence-corrected chi connectivity index (χ2v) is 6.71. The van der Waals surface area contributed by atoms with Crippen LogP contribution in [0, 0.1) is 5.41 Å². The van der Waals surface area contributed by atoms with Crippen molar-refractivity contribution in [3.8, 4) is 0 Å². The zero-order valence-electron chi connectivity index (χ0n) is 12.1. The van der Waals surface area contributed by atoms with Crippen molar-refractivity contribution in [2.24, 2.45) is 5.41 Å². The molecule has 0 amide bonds. The molecule has 0 radical (unpaired) electrons. The maximum Gasteiger partial charge on any atom is 0.0230 e. The van der Waals surface area contributed by atoms with Gasteiger partial charge in [-0.1, -0.05) is 41.9 Å². The Balaban J connectivity index is 2.56. The third-order valence-electron chi connectivity index (χ3n) is 3.65. The molecule has 1 N–H and O–H groups in total. The van der Waals surface area contributed by atoms with Gasteiger partial charge in [0.1, 0.15) is 0 Å². The summed E-state index contributed by atoms with van der Waals surface area (Å²) in [7, 11) is 4.22. The minimum Gasteiger partial charge on any atom is -0.317 e. The fourth-order valence-electron chi connectivity index (χ4n) is 2.18. The molecule has 0 aliphatic rings. The van der Waals surface area contributed by atoms with Gasteiger partial charge in [0.05, 0.1) is 0 Å². The lowest BCUT2D eigenvalue weighted by Crippen LogP contribution is -2.44. The van der Waals surface area contributed by atoms with Crippen LogP contribution in [-0.4, -0.2) is 31.6 Å². The highest BCUT2D eigenvalue weighted by Gasteiger charge is 2.26. The van der Waals surface area contributed by atoms with E-state index in [4.69, 9.17) is 0 Å². The summed E-state index contributed by atoms with van der Waals surface area (Å²) >= 11 is 3.47. The molecule has 18 heavy (non-hydrogen) atoms. The first-order chi connectivity index (χ1) is 8.35. The average molecular weight is 313 g/mol. The molecule has 1 rings (SSSR count). The summed E-state index contributed by atoms with van der Waals surface area (Å²) in [5, 5.41) is 3.35. The van der Waals surface area contributed by atoms with Gasteiger partial charge in [0.15, 0.2) is 0 Å². The van der Waals surface area contributed by atoms with E-state index in [9.17, 15) is 0 Å². The molecule has 0 bridgehead atoms. The summed E-state index contributed by atoms with van der Waals surface area (Å²) in [5.41, 5.74) is 1.62. The Morgan fingerprint density at radius 2 is 1.83 bits per heavy atom. The molecule has 0 saturated heterocycles. The van der Waals surface area contributed by atoms with Gasteiger partial charge in [0, 0.05) is 23.6 Å². The van der Waals surface area contributed by atoms with Gasteiger partial charge >= 0.3 is 0 Å². The van der Waals surface area contributed by atoms with Crippen LogP contribution in [0.3, 0.4) is 0 Å². The maximum atomic E-state index is 3.47. The summed E-state index contributed by atoms with van der Waals surface area (Å²) in [6.45, 7) is 8.93. The molecule has 1 aromatic rings. The molecule has 0 fully saturated rings. The molecule has 0 spiro atoms. The second-order valence-electron chi connectivity index (χ2n) is 5.80. The Labute approximate surface area is 120 Å². The number of hydrogen-bond acceptors (Lipinski definition) is 2. The van der Waals surface area contributed by atoms with Gasteiger partial charge < -0.3 is 10.2 Å². The second kappa shape index (κ2) is 6.69. The van der Waals surface area contributed by atoms with E-state index in [1.54, 1.807) is 0 Å². The predicted octanol–water partition coefficient (Wildman–Crippen LogP) is 3.52. The number of hydrogen-bond donors (Lipinski definition) is 1. The molecule has 0 aliphatic heterocycles. The Morgan fingerprint density at radius 3 is 2.33 bits per heavy atom. The molecule has 2 nitrogen and oxygen atoms in total.